The molecule has 1 aromatic rings. The molecule has 0 aliphatic heterocycles. The molecule has 1 N–H and O–H groups in total. The topological polar surface area (TPSA) is 86.5 Å². The highest BCUT2D eigenvalue weighted by Gasteiger charge is 2.09. The molecule has 1 aromatic heterocycles. The van der Waals surface area contributed by atoms with E-state index < -0.39 is 5.97 Å². The summed E-state index contributed by atoms with van der Waals surface area (Å²) in [5, 5.41) is 15.8. The molecule has 0 aliphatic rings. The predicted molar refractivity (Wildman–Crippen MR) is 63.5 cm³/mol. The molecule has 0 bridgehead atoms. The van der Waals surface area contributed by atoms with Crippen LogP contribution in [0, 0.1) is 0 Å². The quantitative estimate of drug-likeness (QED) is 0.727. The van der Waals surface area contributed by atoms with Gasteiger partial charge in [0.25, 0.3) is 0 Å². The van der Waals surface area contributed by atoms with Crippen molar-refractivity contribution in [3.8, 4) is 0 Å². The molecule has 0 unspecified atom stereocenters. The molecule has 0 aliphatic carbocycles. The Balaban J connectivity index is 2.12. The molecule has 102 valence electrons. The van der Waals surface area contributed by atoms with Crippen LogP contribution in [0.5, 0.6) is 0 Å². The number of aromatic carboxylic acids is 1. The molecule has 1 heterocycles. The van der Waals surface area contributed by atoms with Gasteiger partial charge in [-0.2, -0.15) is 0 Å². The van der Waals surface area contributed by atoms with Crippen LogP contribution in [-0.2, 0) is 16.0 Å². The zero-order chi connectivity index (χ0) is 13.6. The average molecular weight is 257 g/mol. The van der Waals surface area contributed by atoms with Gasteiger partial charge in [0.15, 0.2) is 5.69 Å². The maximum absolute atomic E-state index is 10.6. The molecule has 0 radical (unpaired) electrons. The molecule has 0 aromatic carbocycles. The van der Waals surface area contributed by atoms with E-state index in [1.807, 2.05) is 20.8 Å². The van der Waals surface area contributed by atoms with E-state index in [0.29, 0.717) is 26.4 Å². The Hall–Kier alpha value is -1.47. The van der Waals surface area contributed by atoms with Gasteiger partial charge in [-0.25, -0.2) is 9.48 Å². The lowest BCUT2D eigenvalue weighted by Crippen LogP contribution is -2.22. The summed E-state index contributed by atoms with van der Waals surface area (Å²) in [4.78, 5) is 10.6. The van der Waals surface area contributed by atoms with E-state index >= 15 is 0 Å². The van der Waals surface area contributed by atoms with Crippen LogP contribution in [0.1, 0.15) is 31.3 Å². The van der Waals surface area contributed by atoms with Crippen LogP contribution in [0.25, 0.3) is 0 Å². The van der Waals surface area contributed by atoms with Crippen molar-refractivity contribution in [1.29, 1.82) is 0 Å². The van der Waals surface area contributed by atoms with Gasteiger partial charge in [0.2, 0.25) is 0 Å². The first kappa shape index (κ1) is 14.6. The van der Waals surface area contributed by atoms with Gasteiger partial charge in [0.05, 0.1) is 38.2 Å². The number of hydrogen-bond donors (Lipinski definition) is 1. The smallest absolute Gasteiger partial charge is 0.358 e. The van der Waals surface area contributed by atoms with Crippen LogP contribution >= 0.6 is 0 Å². The zero-order valence-corrected chi connectivity index (χ0v) is 10.9. The highest BCUT2D eigenvalue weighted by molar-refractivity contribution is 5.84. The van der Waals surface area contributed by atoms with Crippen LogP contribution in [-0.4, -0.2) is 51.5 Å². The fourth-order valence-electron chi connectivity index (χ4n) is 1.17. The van der Waals surface area contributed by atoms with Crippen molar-refractivity contribution in [2.24, 2.45) is 0 Å². The summed E-state index contributed by atoms with van der Waals surface area (Å²) in [6.45, 7) is 7.88. The molecule has 0 spiro atoms. The lowest BCUT2D eigenvalue weighted by molar-refractivity contribution is -0.0358. The van der Waals surface area contributed by atoms with Crippen LogP contribution in [0.4, 0.5) is 0 Å². The highest BCUT2D eigenvalue weighted by Crippen LogP contribution is 2.05. The number of carboxylic acids is 1. The summed E-state index contributed by atoms with van der Waals surface area (Å²) in [6.07, 6.45) is 1.37. The first-order valence-corrected chi connectivity index (χ1v) is 5.73. The maximum Gasteiger partial charge on any atom is 0.358 e. The molecule has 0 saturated heterocycles. The van der Waals surface area contributed by atoms with E-state index in [4.69, 9.17) is 14.6 Å². The molecule has 1 rings (SSSR count). The molecule has 0 atom stereocenters. The number of carbonyl (C=O) groups is 1. The van der Waals surface area contributed by atoms with Gasteiger partial charge in [-0.15, -0.1) is 5.10 Å². The molecule has 7 heteroatoms. The fourth-order valence-corrected chi connectivity index (χ4v) is 1.17. The monoisotopic (exact) mass is 257 g/mol. The standard InChI is InChI=1S/C11H19N3O4/c1-11(2,3)18-7-6-17-5-4-14-8-9(10(15)16)12-13-14/h8H,4-7H2,1-3H3,(H,15,16). The van der Waals surface area contributed by atoms with Gasteiger partial charge < -0.3 is 14.6 Å². The Morgan fingerprint density at radius 2 is 2.11 bits per heavy atom. The number of aromatic nitrogens is 3. The van der Waals surface area contributed by atoms with E-state index in [1.165, 1.54) is 10.9 Å². The summed E-state index contributed by atoms with van der Waals surface area (Å²) in [7, 11) is 0. The van der Waals surface area contributed by atoms with Crippen molar-refractivity contribution in [3.63, 3.8) is 0 Å². The Kier molecular flexibility index (Phi) is 5.24. The summed E-state index contributed by atoms with van der Waals surface area (Å²) >= 11 is 0. The second-order valence-electron chi connectivity index (χ2n) is 4.75. The lowest BCUT2D eigenvalue weighted by atomic mass is 10.2. The largest absolute Gasteiger partial charge is 0.476 e. The summed E-state index contributed by atoms with van der Waals surface area (Å²) < 4.78 is 12.3. The Morgan fingerprint density at radius 1 is 1.39 bits per heavy atom. The van der Waals surface area contributed by atoms with E-state index in [1.54, 1.807) is 0 Å². The van der Waals surface area contributed by atoms with Gasteiger partial charge in [-0.3, -0.25) is 0 Å². The Labute approximate surface area is 106 Å². The third-order valence-electron chi connectivity index (χ3n) is 1.99. The molecule has 0 saturated carbocycles. The SMILES string of the molecule is CC(C)(C)OCCOCCn1cc(C(=O)O)nn1. The molecular weight excluding hydrogens is 238 g/mol. The number of hydrogen-bond acceptors (Lipinski definition) is 5. The number of carboxylic acid groups (broad SMARTS) is 1. The van der Waals surface area contributed by atoms with E-state index in [9.17, 15) is 4.79 Å². The van der Waals surface area contributed by atoms with Crippen LogP contribution in [0.2, 0.25) is 0 Å². The number of rotatable bonds is 7. The van der Waals surface area contributed by atoms with Gasteiger partial charge in [-0.1, -0.05) is 5.21 Å². The van der Waals surface area contributed by atoms with Crippen molar-refractivity contribution in [1.82, 2.24) is 15.0 Å². The first-order chi connectivity index (χ1) is 8.38. The normalized spacial score (nSPS) is 11.7. The third kappa shape index (κ3) is 5.74. The first-order valence-electron chi connectivity index (χ1n) is 5.73. The molecule has 7 nitrogen and oxygen atoms in total. The minimum absolute atomic E-state index is 0.0638. The van der Waals surface area contributed by atoms with Gasteiger partial charge >= 0.3 is 5.97 Å². The van der Waals surface area contributed by atoms with Crippen molar-refractivity contribution < 1.29 is 19.4 Å². The number of ether oxygens (including phenoxy) is 2. The zero-order valence-electron chi connectivity index (χ0n) is 10.9. The van der Waals surface area contributed by atoms with Gasteiger partial charge in [-0.05, 0) is 20.8 Å². The summed E-state index contributed by atoms with van der Waals surface area (Å²) in [5.74, 6) is -1.08. The van der Waals surface area contributed by atoms with Crippen LogP contribution in [0.3, 0.4) is 0 Å². The Morgan fingerprint density at radius 3 is 2.67 bits per heavy atom. The lowest BCUT2D eigenvalue weighted by Gasteiger charge is -2.19. The minimum atomic E-state index is -1.08. The molecule has 0 fully saturated rings. The molecule has 18 heavy (non-hydrogen) atoms. The van der Waals surface area contributed by atoms with E-state index in [-0.39, 0.29) is 11.3 Å². The fraction of sp³-hybridized carbons (Fsp3) is 0.727. The van der Waals surface area contributed by atoms with Crippen molar-refractivity contribution >= 4 is 5.97 Å². The highest BCUT2D eigenvalue weighted by atomic mass is 16.5. The third-order valence-corrected chi connectivity index (χ3v) is 1.99. The average Bonchev–Trinajstić information content (AvgIpc) is 2.70. The molecule has 0 amide bonds. The van der Waals surface area contributed by atoms with Crippen LogP contribution < -0.4 is 0 Å². The minimum Gasteiger partial charge on any atom is -0.476 e. The second-order valence-corrected chi connectivity index (χ2v) is 4.75. The number of nitrogens with zero attached hydrogens (tertiary/aromatic N) is 3. The van der Waals surface area contributed by atoms with E-state index in [2.05, 4.69) is 10.3 Å². The Bertz CT molecular complexity index is 384. The van der Waals surface area contributed by atoms with Crippen LogP contribution in [0.15, 0.2) is 6.20 Å². The van der Waals surface area contributed by atoms with Gasteiger partial charge in [0.1, 0.15) is 0 Å². The van der Waals surface area contributed by atoms with E-state index in [0.717, 1.165) is 0 Å². The second kappa shape index (κ2) is 6.46. The van der Waals surface area contributed by atoms with Crippen molar-refractivity contribution in [2.75, 3.05) is 19.8 Å². The van der Waals surface area contributed by atoms with Crippen molar-refractivity contribution in [3.05, 3.63) is 11.9 Å². The summed E-state index contributed by atoms with van der Waals surface area (Å²) in [5.41, 5.74) is -0.225. The predicted octanol–water partition coefficient (Wildman–Crippen LogP) is 0.808. The maximum atomic E-state index is 10.6. The van der Waals surface area contributed by atoms with Gasteiger partial charge in [0, 0.05) is 0 Å². The summed E-state index contributed by atoms with van der Waals surface area (Å²) in [6, 6.07) is 0. The van der Waals surface area contributed by atoms with Crippen molar-refractivity contribution in [2.45, 2.75) is 32.9 Å². The molecular formula is C11H19N3O4.